The second-order valence-corrected chi connectivity index (χ2v) is 5.96. The van der Waals surface area contributed by atoms with Crippen molar-refractivity contribution in [3.63, 3.8) is 0 Å². The maximum absolute atomic E-state index is 6.00. The molecule has 6 heteroatoms. The van der Waals surface area contributed by atoms with Gasteiger partial charge in [0.2, 0.25) is 0 Å². The first-order chi connectivity index (χ1) is 11.8. The maximum Gasteiger partial charge on any atom is 0.186 e. The molecule has 0 radical (unpaired) electrons. The molecule has 0 saturated heterocycles. The first-order valence-electron chi connectivity index (χ1n) is 8.17. The predicted octanol–water partition coefficient (Wildman–Crippen LogP) is 3.50. The predicted molar refractivity (Wildman–Crippen MR) is 92.8 cm³/mol. The Balaban J connectivity index is 1.51. The summed E-state index contributed by atoms with van der Waals surface area (Å²) in [6, 6.07) is 0. The van der Waals surface area contributed by atoms with Crippen LogP contribution < -0.4 is 5.73 Å². The molecular weight excluding hydrogens is 302 g/mol. The topological polar surface area (TPSA) is 89.7 Å². The van der Waals surface area contributed by atoms with Crippen LogP contribution in [0.1, 0.15) is 37.3 Å². The molecule has 0 amide bonds. The number of aromatic amines is 1. The lowest BCUT2D eigenvalue weighted by Gasteiger charge is -2.17. The van der Waals surface area contributed by atoms with Gasteiger partial charge in [0.1, 0.15) is 23.7 Å². The van der Waals surface area contributed by atoms with E-state index in [2.05, 4.69) is 44.5 Å². The van der Waals surface area contributed by atoms with Gasteiger partial charge in [-0.25, -0.2) is 9.97 Å². The number of rotatable bonds is 3. The van der Waals surface area contributed by atoms with Gasteiger partial charge >= 0.3 is 0 Å². The molecule has 4 rings (SSSR count). The lowest BCUT2D eigenvalue weighted by Crippen LogP contribution is -2.03. The molecule has 2 aromatic heterocycles. The van der Waals surface area contributed by atoms with Crippen molar-refractivity contribution < 1.29 is 4.74 Å². The quantitative estimate of drug-likeness (QED) is 0.903. The van der Waals surface area contributed by atoms with Crippen LogP contribution in [0.3, 0.4) is 0 Å². The van der Waals surface area contributed by atoms with Crippen LogP contribution in [0.4, 0.5) is 5.82 Å². The molecule has 0 bridgehead atoms. The Morgan fingerprint density at radius 2 is 2.25 bits per heavy atom. The summed E-state index contributed by atoms with van der Waals surface area (Å²) >= 11 is 0. The first-order valence-corrected chi connectivity index (χ1v) is 8.17. The molecule has 2 aromatic rings. The van der Waals surface area contributed by atoms with E-state index in [0.717, 1.165) is 48.3 Å². The molecule has 3 N–H and O–H groups in total. The number of allylic oxidation sites excluding steroid dienone is 7. The monoisotopic (exact) mass is 321 g/mol. The van der Waals surface area contributed by atoms with Gasteiger partial charge in [-0.3, -0.25) is 5.10 Å². The van der Waals surface area contributed by atoms with Crippen molar-refractivity contribution in [2.75, 3.05) is 5.73 Å². The van der Waals surface area contributed by atoms with Crippen LogP contribution in [-0.4, -0.2) is 20.2 Å². The highest BCUT2D eigenvalue weighted by molar-refractivity contribution is 5.88. The van der Waals surface area contributed by atoms with Crippen LogP contribution in [0.2, 0.25) is 0 Å². The molecule has 0 aliphatic heterocycles. The number of nitrogens with two attached hydrogens (primary N) is 1. The Kier molecular flexibility index (Phi) is 3.86. The lowest BCUT2D eigenvalue weighted by atomic mass is 9.95. The smallest absolute Gasteiger partial charge is 0.186 e. The number of ether oxygens (including phenoxy) is 1. The average Bonchev–Trinajstić information content (AvgIpc) is 2.88. The zero-order valence-corrected chi connectivity index (χ0v) is 13.3. The summed E-state index contributed by atoms with van der Waals surface area (Å²) in [6.07, 6.45) is 18.0. The molecule has 122 valence electrons. The van der Waals surface area contributed by atoms with Gasteiger partial charge in [0.15, 0.2) is 5.65 Å². The molecule has 1 atom stereocenters. The van der Waals surface area contributed by atoms with Crippen molar-refractivity contribution >= 4 is 16.9 Å². The summed E-state index contributed by atoms with van der Waals surface area (Å²) in [5.41, 5.74) is 7.54. The number of H-pyrrole nitrogens is 1. The van der Waals surface area contributed by atoms with Gasteiger partial charge in [-0.2, -0.15) is 5.10 Å². The van der Waals surface area contributed by atoms with Gasteiger partial charge in [-0.05, 0) is 37.5 Å². The summed E-state index contributed by atoms with van der Waals surface area (Å²) in [4.78, 5) is 8.21. The number of nitrogens with zero attached hydrogens (tertiary/aromatic N) is 3. The molecule has 0 spiro atoms. The van der Waals surface area contributed by atoms with E-state index in [0.29, 0.717) is 11.5 Å². The minimum absolute atomic E-state index is 0.165. The van der Waals surface area contributed by atoms with Gasteiger partial charge in [-0.1, -0.05) is 18.2 Å². The van der Waals surface area contributed by atoms with E-state index in [1.165, 1.54) is 6.33 Å². The zero-order chi connectivity index (χ0) is 16.4. The molecule has 2 heterocycles. The van der Waals surface area contributed by atoms with Crippen LogP contribution in [0, 0.1) is 0 Å². The fourth-order valence-corrected chi connectivity index (χ4v) is 3.05. The maximum atomic E-state index is 6.00. The number of aromatic nitrogens is 4. The van der Waals surface area contributed by atoms with E-state index in [-0.39, 0.29) is 5.92 Å². The van der Waals surface area contributed by atoms with E-state index in [4.69, 9.17) is 10.5 Å². The van der Waals surface area contributed by atoms with Crippen molar-refractivity contribution in [3.05, 3.63) is 60.0 Å². The Labute approximate surface area is 139 Å². The second-order valence-electron chi connectivity index (χ2n) is 5.96. The van der Waals surface area contributed by atoms with Crippen LogP contribution in [0.15, 0.2) is 54.3 Å². The van der Waals surface area contributed by atoms with Crippen molar-refractivity contribution in [1.29, 1.82) is 0 Å². The third-order valence-corrected chi connectivity index (χ3v) is 4.31. The molecule has 2 aliphatic rings. The fourth-order valence-electron chi connectivity index (χ4n) is 3.05. The van der Waals surface area contributed by atoms with E-state index in [9.17, 15) is 0 Å². The molecule has 6 nitrogen and oxygen atoms in total. The van der Waals surface area contributed by atoms with E-state index in [1.54, 1.807) is 0 Å². The number of nitrogens with one attached hydrogen (secondary N) is 1. The van der Waals surface area contributed by atoms with Crippen LogP contribution >= 0.6 is 0 Å². The number of hydrogen-bond acceptors (Lipinski definition) is 5. The van der Waals surface area contributed by atoms with Crippen molar-refractivity contribution in [2.45, 2.75) is 31.6 Å². The highest BCUT2D eigenvalue weighted by Crippen LogP contribution is 2.32. The minimum Gasteiger partial charge on any atom is -0.462 e. The summed E-state index contributed by atoms with van der Waals surface area (Å²) in [5, 5.41) is 8.08. The third kappa shape index (κ3) is 2.82. The van der Waals surface area contributed by atoms with E-state index < -0.39 is 0 Å². The molecule has 24 heavy (non-hydrogen) atoms. The highest BCUT2D eigenvalue weighted by Gasteiger charge is 2.20. The van der Waals surface area contributed by atoms with Gasteiger partial charge in [0.05, 0.1) is 11.1 Å². The van der Waals surface area contributed by atoms with Crippen molar-refractivity contribution in [1.82, 2.24) is 20.2 Å². The largest absolute Gasteiger partial charge is 0.462 e. The minimum atomic E-state index is 0.165. The lowest BCUT2D eigenvalue weighted by molar-refractivity contribution is 0.299. The van der Waals surface area contributed by atoms with Crippen LogP contribution in [-0.2, 0) is 4.74 Å². The second kappa shape index (κ2) is 6.31. The summed E-state index contributed by atoms with van der Waals surface area (Å²) < 4.78 is 6.00. The van der Waals surface area contributed by atoms with Gasteiger partial charge in [-0.15, -0.1) is 0 Å². The Hall–Kier alpha value is -2.89. The summed E-state index contributed by atoms with van der Waals surface area (Å²) in [5.74, 6) is 2.53. The average molecular weight is 321 g/mol. The number of nitrogen functional groups attached to an aromatic ring is 1. The Bertz CT molecular complexity index is 875. The van der Waals surface area contributed by atoms with Crippen LogP contribution in [0.25, 0.3) is 11.0 Å². The molecule has 0 aromatic carbocycles. The first kappa shape index (κ1) is 14.7. The van der Waals surface area contributed by atoms with Gasteiger partial charge in [0.25, 0.3) is 0 Å². The van der Waals surface area contributed by atoms with Crippen LogP contribution in [0.5, 0.6) is 0 Å². The molecule has 0 saturated carbocycles. The number of hydrogen-bond donors (Lipinski definition) is 2. The highest BCUT2D eigenvalue weighted by atomic mass is 16.5. The standard InChI is InChI=1S/C18H19N5O/c19-17-15-16(22-23-18(15)21-11-20-17)12-7-9-14(10-8-12)24-13-5-3-1-2-4-6-13/h1,3,5,7,9-12H,2,4,6,8H2,(H3,19,20,21,22,23). The van der Waals surface area contributed by atoms with E-state index in [1.807, 2.05) is 12.2 Å². The molecule has 1 unspecified atom stereocenters. The number of anilines is 1. The summed E-state index contributed by atoms with van der Waals surface area (Å²) in [6.45, 7) is 0. The van der Waals surface area contributed by atoms with Gasteiger partial charge in [0, 0.05) is 12.3 Å². The zero-order valence-electron chi connectivity index (χ0n) is 13.3. The normalized spacial score (nSPS) is 20.6. The molecule has 0 fully saturated rings. The molecule has 2 aliphatic carbocycles. The summed E-state index contributed by atoms with van der Waals surface area (Å²) in [7, 11) is 0. The van der Waals surface area contributed by atoms with E-state index >= 15 is 0 Å². The number of fused-ring (bicyclic) bond motifs is 1. The van der Waals surface area contributed by atoms with Gasteiger partial charge < -0.3 is 10.5 Å². The fraction of sp³-hybridized carbons (Fsp3) is 0.278. The van der Waals surface area contributed by atoms with Crippen molar-refractivity contribution in [2.24, 2.45) is 0 Å². The Morgan fingerprint density at radius 3 is 3.12 bits per heavy atom. The molecular formula is C18H19N5O. The third-order valence-electron chi connectivity index (χ3n) is 4.31. The SMILES string of the molecule is Nc1ncnc2n[nH]c(C3C=CC(OC4=CC=CCCC4)=CC3)c12. The Morgan fingerprint density at radius 1 is 1.29 bits per heavy atom. The van der Waals surface area contributed by atoms with Crippen molar-refractivity contribution in [3.8, 4) is 0 Å².